The Morgan fingerprint density at radius 3 is 0.664 bits per heavy atom. The molecule has 0 amide bonds. The van der Waals surface area contributed by atoms with Crippen LogP contribution in [0.4, 0.5) is 0 Å². The van der Waals surface area contributed by atoms with E-state index in [0.29, 0.717) is 52.2 Å². The van der Waals surface area contributed by atoms with Crippen LogP contribution in [-0.4, -0.2) is 67.7 Å². The summed E-state index contributed by atoms with van der Waals surface area (Å²) in [4.78, 5) is 44.3. The van der Waals surface area contributed by atoms with Crippen molar-refractivity contribution in [2.45, 2.75) is 0 Å². The number of nitrogens with zero attached hydrogens (tertiary/aromatic N) is 14. The number of para-hydroxylation sites is 7. The fraction of sp³-hybridized carbons (Fsp3) is 0. The molecular weight excluding hydrogens is 1600 g/mol. The molecule has 9 heterocycles. The third kappa shape index (κ3) is 13.2. The van der Waals surface area contributed by atoms with E-state index in [1.54, 1.807) is 12.4 Å². The normalized spacial score (nSPS) is 11.7. The molecule has 0 spiro atoms. The van der Waals surface area contributed by atoms with Crippen LogP contribution < -0.4 is 0 Å². The molecule has 26 aromatic rings. The van der Waals surface area contributed by atoms with Crippen LogP contribution in [0, 0.1) is 0 Å². The maximum atomic E-state index is 5.10. The SMILES string of the molecule is c1ccc(-c2nc(-c3ccccc3)nc(-c3ccc(-n4c5ccc(-c6ccc7c(c6)c6ccccc6n7-c6ccccc6)cc5c5cc(-c6ccc7c(c6)c6ccccc6n7-c6ccccc6)ccc54)cn3)n2)cc1.c1ccc(-c2nc(-c3ccccc3)nc(-c3cnc(-n4c5ccccc5c5cc(-c6ccc7c(c6)c6ccccc6n7-c6ccccc6)ccc54)cn3)n2)cc1. The highest BCUT2D eigenvalue weighted by atomic mass is 15.1. The van der Waals surface area contributed by atoms with Crippen LogP contribution in [0.3, 0.4) is 0 Å². The first-order valence-corrected chi connectivity index (χ1v) is 43.9. The lowest BCUT2D eigenvalue weighted by Crippen LogP contribution is -2.03. The van der Waals surface area contributed by atoms with Crippen molar-refractivity contribution in [1.29, 1.82) is 0 Å². The Hall–Kier alpha value is -18.0. The van der Waals surface area contributed by atoms with Crippen molar-refractivity contribution < 1.29 is 0 Å². The molecule has 0 aliphatic heterocycles. The third-order valence-corrected chi connectivity index (χ3v) is 25.2. The third-order valence-electron chi connectivity index (χ3n) is 25.2. The van der Waals surface area contributed by atoms with Crippen molar-refractivity contribution in [1.82, 2.24) is 67.7 Å². The molecule has 14 nitrogen and oxygen atoms in total. The minimum Gasteiger partial charge on any atom is -0.309 e. The van der Waals surface area contributed by atoms with Crippen molar-refractivity contribution in [2.24, 2.45) is 0 Å². The highest BCUT2D eigenvalue weighted by Gasteiger charge is 2.24. The molecule has 0 aliphatic rings. The summed E-state index contributed by atoms with van der Waals surface area (Å²) in [7, 11) is 0. The zero-order valence-electron chi connectivity index (χ0n) is 70.5. The summed E-state index contributed by atoms with van der Waals surface area (Å²) in [6, 6.07) is 152. The van der Waals surface area contributed by atoms with E-state index in [9.17, 15) is 0 Å². The Balaban J connectivity index is 0.000000147. The first-order chi connectivity index (χ1) is 64.9. The summed E-state index contributed by atoms with van der Waals surface area (Å²) < 4.78 is 11.6. The van der Waals surface area contributed by atoms with Crippen LogP contribution >= 0.6 is 0 Å². The highest BCUT2D eigenvalue weighted by Crippen LogP contribution is 2.44. The monoisotopic (exact) mass is 1670 g/mol. The molecule has 0 aliphatic carbocycles. The summed E-state index contributed by atoms with van der Waals surface area (Å²) in [5.41, 5.74) is 27.6. The molecule has 0 fully saturated rings. The van der Waals surface area contributed by atoms with Gasteiger partial charge < -0.3 is 18.3 Å². The van der Waals surface area contributed by atoms with Crippen LogP contribution in [0.25, 0.3) is 240 Å². The van der Waals surface area contributed by atoms with Gasteiger partial charge in [-0.25, -0.2) is 39.9 Å². The highest BCUT2D eigenvalue weighted by molar-refractivity contribution is 6.17. The minimum absolute atomic E-state index is 0.465. The number of hydrogen-bond donors (Lipinski definition) is 0. The largest absolute Gasteiger partial charge is 0.309 e. The Kier molecular flexibility index (Phi) is 18.2. The molecule has 0 atom stereocenters. The molecule has 0 saturated heterocycles. The van der Waals surface area contributed by atoms with E-state index >= 15 is 0 Å². The van der Waals surface area contributed by atoms with E-state index in [1.165, 1.54) is 71.0 Å². The molecular formula is C117H74N14. The van der Waals surface area contributed by atoms with E-state index in [0.717, 1.165) is 116 Å². The first kappa shape index (κ1) is 75.5. The van der Waals surface area contributed by atoms with Gasteiger partial charge in [-0.3, -0.25) is 9.55 Å². The molecule has 612 valence electrons. The van der Waals surface area contributed by atoms with Gasteiger partial charge in [0.25, 0.3) is 0 Å². The second-order valence-corrected chi connectivity index (χ2v) is 32.9. The fourth-order valence-electron chi connectivity index (χ4n) is 19.1. The average Bonchev–Trinajstić information content (AvgIpc) is 1.58. The zero-order valence-corrected chi connectivity index (χ0v) is 70.5. The number of rotatable bonds is 14. The summed E-state index contributed by atoms with van der Waals surface area (Å²) in [5, 5.41) is 12.0. The molecule has 0 radical (unpaired) electrons. The lowest BCUT2D eigenvalue weighted by molar-refractivity contribution is 1.02. The summed E-state index contributed by atoms with van der Waals surface area (Å²) >= 11 is 0. The van der Waals surface area contributed by atoms with E-state index in [2.05, 4.69) is 326 Å². The average molecular weight is 1680 g/mol. The first-order valence-electron chi connectivity index (χ1n) is 43.9. The van der Waals surface area contributed by atoms with Crippen LogP contribution in [0.5, 0.6) is 0 Å². The lowest BCUT2D eigenvalue weighted by Gasteiger charge is -2.11. The van der Waals surface area contributed by atoms with Gasteiger partial charge in [-0.15, -0.1) is 0 Å². The molecule has 0 saturated carbocycles. The van der Waals surface area contributed by atoms with Gasteiger partial charge in [0.15, 0.2) is 40.8 Å². The van der Waals surface area contributed by atoms with Gasteiger partial charge in [0.05, 0.1) is 79.4 Å². The molecule has 9 aromatic heterocycles. The smallest absolute Gasteiger partial charge is 0.184 e. The van der Waals surface area contributed by atoms with E-state index in [-0.39, 0.29) is 0 Å². The number of aromatic nitrogens is 14. The van der Waals surface area contributed by atoms with Crippen molar-refractivity contribution in [3.8, 4) is 131 Å². The Morgan fingerprint density at radius 1 is 0.137 bits per heavy atom. The maximum Gasteiger partial charge on any atom is 0.184 e. The van der Waals surface area contributed by atoms with Crippen molar-refractivity contribution in [3.63, 3.8) is 0 Å². The van der Waals surface area contributed by atoms with Crippen LogP contribution in [-0.2, 0) is 0 Å². The van der Waals surface area contributed by atoms with E-state index < -0.39 is 0 Å². The minimum atomic E-state index is 0.465. The molecule has 0 unspecified atom stereocenters. The van der Waals surface area contributed by atoms with Crippen molar-refractivity contribution >= 4 is 109 Å². The standard InChI is InChI=1S/C68H43N7.C49H31N7/c1-5-17-44(18-6-1)66-70-67(45-19-7-2-8-20-45)72-68(71-66)59-34-33-52(43-69-59)75-64-37-31-48(46-29-35-62-55(39-46)53-25-13-15-27-60(53)73(62)50-21-9-3-10-22-50)41-57(64)58-42-49(32-38-65(58)75)47-30-36-63-56(40-47)54-26-14-16-28-61(54)74(63)51-23-11-4-12-24-51;1-4-14-32(15-5-1)47-52-48(33-16-6-2-7-17-33)54-49(53-47)41-30-51-46(31-50-41)56-43-23-13-11-21-38(43)40-29-35(25-27-45(40)56)34-24-26-44-39(28-34)37-20-10-12-22-42(37)55(44)36-18-8-3-9-19-36/h1-43H;1-31H. The van der Waals surface area contributed by atoms with Gasteiger partial charge in [0.1, 0.15) is 11.4 Å². The van der Waals surface area contributed by atoms with E-state index in [4.69, 9.17) is 44.9 Å². The molecule has 0 N–H and O–H groups in total. The van der Waals surface area contributed by atoms with E-state index in [1.807, 2.05) is 134 Å². The predicted molar refractivity (Wildman–Crippen MR) is 534 cm³/mol. The summed E-state index contributed by atoms with van der Waals surface area (Å²) in [6.45, 7) is 0. The van der Waals surface area contributed by atoms with Gasteiger partial charge in [-0.05, 0) is 179 Å². The van der Waals surface area contributed by atoms with Crippen LogP contribution in [0.1, 0.15) is 0 Å². The van der Waals surface area contributed by atoms with Crippen LogP contribution in [0.15, 0.2) is 449 Å². The fourth-order valence-corrected chi connectivity index (χ4v) is 19.1. The summed E-state index contributed by atoms with van der Waals surface area (Å²) in [5.74, 6) is 4.05. The number of hydrogen-bond acceptors (Lipinski definition) is 9. The van der Waals surface area contributed by atoms with Gasteiger partial charge in [0.2, 0.25) is 0 Å². The molecule has 131 heavy (non-hydrogen) atoms. The lowest BCUT2D eigenvalue weighted by atomic mass is 9.98. The number of benzene rings is 17. The van der Waals surface area contributed by atoms with Crippen molar-refractivity contribution in [2.75, 3.05) is 0 Å². The van der Waals surface area contributed by atoms with Crippen molar-refractivity contribution in [3.05, 3.63) is 449 Å². The molecule has 0 bridgehead atoms. The Morgan fingerprint density at radius 2 is 0.374 bits per heavy atom. The quantitative estimate of drug-likeness (QED) is 0.104. The van der Waals surface area contributed by atoms with Crippen LogP contribution in [0.2, 0.25) is 0 Å². The zero-order chi connectivity index (χ0) is 86.4. The topological polar surface area (TPSA) is 141 Å². The van der Waals surface area contributed by atoms with Gasteiger partial charge in [0, 0.05) is 93.2 Å². The predicted octanol–water partition coefficient (Wildman–Crippen LogP) is 28.4. The number of fused-ring (bicyclic) bond motifs is 15. The Labute approximate surface area is 751 Å². The second-order valence-electron chi connectivity index (χ2n) is 32.9. The molecule has 26 rings (SSSR count). The molecule has 14 heteroatoms. The number of pyridine rings is 1. The summed E-state index contributed by atoms with van der Waals surface area (Å²) in [6.07, 6.45) is 5.50. The van der Waals surface area contributed by atoms with Gasteiger partial charge in [-0.2, -0.15) is 0 Å². The Bertz CT molecular complexity index is 8590. The van der Waals surface area contributed by atoms with Gasteiger partial charge in [-0.1, -0.05) is 285 Å². The molecule has 17 aromatic carbocycles. The van der Waals surface area contributed by atoms with Gasteiger partial charge >= 0.3 is 0 Å². The second kappa shape index (κ2) is 31.6. The maximum absolute atomic E-state index is 5.10.